The van der Waals surface area contributed by atoms with E-state index in [1.54, 1.807) is 20.0 Å². The summed E-state index contributed by atoms with van der Waals surface area (Å²) in [5.41, 5.74) is 1.69. The first-order chi connectivity index (χ1) is 10.5. The Morgan fingerprint density at radius 1 is 1.05 bits per heavy atom. The number of pyridine rings is 1. The van der Waals surface area contributed by atoms with E-state index in [9.17, 15) is 9.59 Å². The van der Waals surface area contributed by atoms with Crippen molar-refractivity contribution in [2.45, 2.75) is 34.6 Å². The molecule has 1 aromatic rings. The normalized spacial score (nSPS) is 10.2. The predicted molar refractivity (Wildman–Crippen MR) is 84.4 cm³/mol. The molecule has 0 radical (unpaired) electrons. The van der Waals surface area contributed by atoms with Crippen molar-refractivity contribution in [1.82, 2.24) is 4.98 Å². The number of nitrogens with zero attached hydrogens (tertiary/aromatic N) is 2. The Kier molecular flexibility index (Phi) is 6.82. The number of esters is 2. The van der Waals surface area contributed by atoms with Crippen LogP contribution in [0.25, 0.3) is 0 Å². The average Bonchev–Trinajstić information content (AvgIpc) is 2.50. The van der Waals surface area contributed by atoms with Gasteiger partial charge in [0.1, 0.15) is 5.56 Å². The highest BCUT2D eigenvalue weighted by atomic mass is 16.5. The first-order valence-corrected chi connectivity index (χ1v) is 7.60. The monoisotopic (exact) mass is 308 g/mol. The molecule has 1 aromatic heterocycles. The number of hydrogen-bond donors (Lipinski definition) is 0. The van der Waals surface area contributed by atoms with Gasteiger partial charge >= 0.3 is 11.9 Å². The van der Waals surface area contributed by atoms with Gasteiger partial charge in [0, 0.05) is 19.3 Å². The Morgan fingerprint density at radius 3 is 2.09 bits per heavy atom. The molecule has 6 heteroatoms. The standard InChI is InChI=1S/C16H24N2O4/c1-6-18(7-2)14-11(5)10-17-13(16(20)22-9-4)12(14)15(19)21-8-3/h10H,6-9H2,1-5H3. The number of carbonyl (C=O) groups is 2. The van der Waals surface area contributed by atoms with Crippen LogP contribution in [0.5, 0.6) is 0 Å². The molecule has 0 saturated heterocycles. The predicted octanol–water partition coefficient (Wildman–Crippen LogP) is 2.59. The molecule has 0 fully saturated rings. The van der Waals surface area contributed by atoms with Crippen molar-refractivity contribution in [3.05, 3.63) is 23.0 Å². The molecule has 0 atom stereocenters. The molecule has 0 unspecified atom stereocenters. The summed E-state index contributed by atoms with van der Waals surface area (Å²) in [6.45, 7) is 11.1. The van der Waals surface area contributed by atoms with Gasteiger partial charge in [-0.15, -0.1) is 0 Å². The lowest BCUT2D eigenvalue weighted by Crippen LogP contribution is -2.28. The van der Waals surface area contributed by atoms with Crippen molar-refractivity contribution in [3.8, 4) is 0 Å². The summed E-state index contributed by atoms with van der Waals surface area (Å²) in [5, 5.41) is 0. The fourth-order valence-corrected chi connectivity index (χ4v) is 2.29. The van der Waals surface area contributed by atoms with Gasteiger partial charge < -0.3 is 14.4 Å². The molecule has 22 heavy (non-hydrogen) atoms. The molecule has 122 valence electrons. The first-order valence-electron chi connectivity index (χ1n) is 7.60. The summed E-state index contributed by atoms with van der Waals surface area (Å²) < 4.78 is 10.1. The Morgan fingerprint density at radius 2 is 1.59 bits per heavy atom. The van der Waals surface area contributed by atoms with Crippen LogP contribution in [0.2, 0.25) is 0 Å². The second-order valence-electron chi connectivity index (χ2n) is 4.63. The molecule has 0 aliphatic rings. The summed E-state index contributed by atoms with van der Waals surface area (Å²) >= 11 is 0. The molecule has 0 aromatic carbocycles. The number of hydrogen-bond acceptors (Lipinski definition) is 6. The van der Waals surface area contributed by atoms with Gasteiger partial charge in [0.25, 0.3) is 0 Å². The summed E-state index contributed by atoms with van der Waals surface area (Å²) in [5.74, 6) is -1.16. The third-order valence-corrected chi connectivity index (χ3v) is 3.26. The van der Waals surface area contributed by atoms with Crippen LogP contribution >= 0.6 is 0 Å². The highest BCUT2D eigenvalue weighted by Crippen LogP contribution is 2.28. The number of anilines is 1. The Hall–Kier alpha value is -2.11. The topological polar surface area (TPSA) is 68.7 Å². The molecule has 0 bridgehead atoms. The summed E-state index contributed by atoms with van der Waals surface area (Å²) in [7, 11) is 0. The van der Waals surface area contributed by atoms with Crippen LogP contribution in [0.3, 0.4) is 0 Å². The van der Waals surface area contributed by atoms with E-state index in [-0.39, 0.29) is 24.5 Å². The molecular weight excluding hydrogens is 284 g/mol. The number of rotatable bonds is 7. The van der Waals surface area contributed by atoms with Gasteiger partial charge in [-0.05, 0) is 40.2 Å². The number of carbonyl (C=O) groups excluding carboxylic acids is 2. The van der Waals surface area contributed by atoms with Crippen molar-refractivity contribution >= 4 is 17.6 Å². The zero-order valence-electron chi connectivity index (χ0n) is 13.9. The van der Waals surface area contributed by atoms with Gasteiger partial charge in [-0.3, -0.25) is 0 Å². The van der Waals surface area contributed by atoms with Crippen molar-refractivity contribution in [3.63, 3.8) is 0 Å². The van der Waals surface area contributed by atoms with Crippen LogP contribution in [0, 0.1) is 6.92 Å². The van der Waals surface area contributed by atoms with Crippen molar-refractivity contribution < 1.29 is 19.1 Å². The van der Waals surface area contributed by atoms with E-state index >= 15 is 0 Å². The van der Waals surface area contributed by atoms with E-state index in [1.165, 1.54) is 0 Å². The fraction of sp³-hybridized carbons (Fsp3) is 0.562. The van der Waals surface area contributed by atoms with Crippen LogP contribution in [0.1, 0.15) is 54.1 Å². The van der Waals surface area contributed by atoms with Crippen LogP contribution in [-0.4, -0.2) is 43.2 Å². The molecule has 0 aliphatic carbocycles. The van der Waals surface area contributed by atoms with Gasteiger partial charge in [-0.2, -0.15) is 0 Å². The van der Waals surface area contributed by atoms with Crippen LogP contribution in [-0.2, 0) is 9.47 Å². The van der Waals surface area contributed by atoms with E-state index in [0.717, 1.165) is 5.56 Å². The minimum absolute atomic E-state index is 0.00722. The summed E-state index contributed by atoms with van der Waals surface area (Å²) in [6.07, 6.45) is 1.59. The Balaban J connectivity index is 3.55. The molecule has 0 aliphatic heterocycles. The molecule has 0 saturated carbocycles. The van der Waals surface area contributed by atoms with Crippen molar-refractivity contribution in [1.29, 1.82) is 0 Å². The second-order valence-corrected chi connectivity index (χ2v) is 4.63. The minimum Gasteiger partial charge on any atom is -0.462 e. The fourth-order valence-electron chi connectivity index (χ4n) is 2.29. The largest absolute Gasteiger partial charge is 0.462 e. The SMILES string of the molecule is CCOC(=O)c1ncc(C)c(N(CC)CC)c1C(=O)OCC. The van der Waals surface area contributed by atoms with Gasteiger partial charge in [0.15, 0.2) is 5.69 Å². The quantitative estimate of drug-likeness (QED) is 0.721. The van der Waals surface area contributed by atoms with E-state index in [1.807, 2.05) is 25.7 Å². The molecule has 0 spiro atoms. The highest BCUT2D eigenvalue weighted by Gasteiger charge is 2.28. The lowest BCUT2D eigenvalue weighted by molar-refractivity contribution is 0.0473. The van der Waals surface area contributed by atoms with E-state index < -0.39 is 11.9 Å². The van der Waals surface area contributed by atoms with E-state index in [0.29, 0.717) is 18.8 Å². The van der Waals surface area contributed by atoms with Crippen LogP contribution < -0.4 is 4.90 Å². The second kappa shape index (κ2) is 8.36. The third kappa shape index (κ3) is 3.75. The molecule has 0 amide bonds. The minimum atomic E-state index is -0.612. The maximum atomic E-state index is 12.4. The maximum absolute atomic E-state index is 12.4. The van der Waals surface area contributed by atoms with Gasteiger partial charge in [0.2, 0.25) is 0 Å². The lowest BCUT2D eigenvalue weighted by atomic mass is 10.1. The Bertz CT molecular complexity index is 539. The lowest BCUT2D eigenvalue weighted by Gasteiger charge is -2.26. The average molecular weight is 308 g/mol. The number of aryl methyl sites for hydroxylation is 1. The molecule has 1 heterocycles. The van der Waals surface area contributed by atoms with Gasteiger partial charge in [-0.25, -0.2) is 14.6 Å². The summed E-state index contributed by atoms with van der Waals surface area (Å²) in [6, 6.07) is 0. The zero-order chi connectivity index (χ0) is 16.7. The van der Waals surface area contributed by atoms with Crippen molar-refractivity contribution in [2.24, 2.45) is 0 Å². The molecule has 6 nitrogen and oxygen atoms in total. The van der Waals surface area contributed by atoms with Crippen LogP contribution in [0.15, 0.2) is 6.20 Å². The highest BCUT2D eigenvalue weighted by molar-refractivity contribution is 6.06. The van der Waals surface area contributed by atoms with Crippen molar-refractivity contribution in [2.75, 3.05) is 31.2 Å². The molecule has 0 N–H and O–H groups in total. The van der Waals surface area contributed by atoms with Crippen LogP contribution in [0.4, 0.5) is 5.69 Å². The molecular formula is C16H24N2O4. The third-order valence-electron chi connectivity index (χ3n) is 3.26. The Labute approximate surface area is 131 Å². The van der Waals surface area contributed by atoms with E-state index in [4.69, 9.17) is 9.47 Å². The maximum Gasteiger partial charge on any atom is 0.357 e. The first kappa shape index (κ1) is 17.9. The number of ether oxygens (including phenoxy) is 2. The molecule has 1 rings (SSSR count). The van der Waals surface area contributed by atoms with E-state index in [2.05, 4.69) is 4.98 Å². The number of aromatic nitrogens is 1. The zero-order valence-corrected chi connectivity index (χ0v) is 13.9. The van der Waals surface area contributed by atoms with Gasteiger partial charge in [-0.1, -0.05) is 0 Å². The summed E-state index contributed by atoms with van der Waals surface area (Å²) in [4.78, 5) is 30.6. The van der Waals surface area contributed by atoms with Gasteiger partial charge in [0.05, 0.1) is 18.9 Å². The smallest absolute Gasteiger partial charge is 0.357 e.